The fourth-order valence-corrected chi connectivity index (χ4v) is 5.41. The highest BCUT2D eigenvalue weighted by molar-refractivity contribution is 6.05. The molecule has 0 saturated heterocycles. The monoisotopic (exact) mass is 481 g/mol. The third-order valence-corrected chi connectivity index (χ3v) is 6.92. The summed E-state index contributed by atoms with van der Waals surface area (Å²) in [7, 11) is 0. The maximum Gasteiger partial charge on any atom is 0.336 e. The molecule has 1 N–H and O–H groups in total. The zero-order valence-corrected chi connectivity index (χ0v) is 21.0. The summed E-state index contributed by atoms with van der Waals surface area (Å²) in [6, 6.07) is 23.6. The van der Waals surface area contributed by atoms with Crippen molar-refractivity contribution in [2.75, 3.05) is 13.2 Å². The fourth-order valence-electron chi connectivity index (χ4n) is 5.41. The number of para-hydroxylation sites is 1. The molecule has 3 aromatic carbocycles. The molecule has 3 aromatic rings. The molecule has 0 amide bonds. The van der Waals surface area contributed by atoms with Gasteiger partial charge in [-0.15, -0.1) is 0 Å². The zero-order chi connectivity index (χ0) is 25.3. The zero-order valence-electron chi connectivity index (χ0n) is 21.0. The molecule has 1 aliphatic heterocycles. The molecule has 0 unspecified atom stereocenters. The van der Waals surface area contributed by atoms with Gasteiger partial charge in [0.25, 0.3) is 0 Å². The van der Waals surface area contributed by atoms with Gasteiger partial charge in [0.1, 0.15) is 19.0 Å². The highest BCUT2D eigenvalue weighted by Gasteiger charge is 2.43. The normalized spacial score (nSPS) is 19.1. The Morgan fingerprint density at radius 3 is 2.47 bits per heavy atom. The number of fused-ring (bicyclic) bond motifs is 1. The SMILES string of the molecule is CC1=C(C(=O)OCCOc2ccccc2)[C@@H](c2cccc3ccccc23)C2=C(CC(C)(C)CC2=O)N1. The van der Waals surface area contributed by atoms with Gasteiger partial charge in [-0.1, -0.05) is 74.5 Å². The van der Waals surface area contributed by atoms with Crippen molar-refractivity contribution < 1.29 is 19.1 Å². The van der Waals surface area contributed by atoms with Crippen LogP contribution in [0.25, 0.3) is 10.8 Å². The number of carbonyl (C=O) groups excluding carboxylic acids is 2. The molecule has 184 valence electrons. The minimum absolute atomic E-state index is 0.0805. The van der Waals surface area contributed by atoms with Crippen molar-refractivity contribution in [3.63, 3.8) is 0 Å². The van der Waals surface area contributed by atoms with Crippen molar-refractivity contribution in [2.24, 2.45) is 5.41 Å². The van der Waals surface area contributed by atoms with Crippen LogP contribution >= 0.6 is 0 Å². The summed E-state index contributed by atoms with van der Waals surface area (Å²) in [5.41, 5.74) is 3.62. The predicted octanol–water partition coefficient (Wildman–Crippen LogP) is 6.07. The van der Waals surface area contributed by atoms with Crippen molar-refractivity contribution in [3.05, 3.63) is 101 Å². The molecule has 0 saturated carbocycles. The number of nitrogens with one attached hydrogen (secondary N) is 1. The Hall–Kier alpha value is -3.86. The Bertz CT molecular complexity index is 1380. The van der Waals surface area contributed by atoms with E-state index in [1.807, 2.05) is 61.5 Å². The van der Waals surface area contributed by atoms with Crippen LogP contribution in [0.4, 0.5) is 0 Å². The van der Waals surface area contributed by atoms with Crippen molar-refractivity contribution in [2.45, 2.75) is 39.5 Å². The van der Waals surface area contributed by atoms with Crippen molar-refractivity contribution in [3.8, 4) is 5.75 Å². The van der Waals surface area contributed by atoms with Crippen molar-refractivity contribution in [1.29, 1.82) is 0 Å². The van der Waals surface area contributed by atoms with Gasteiger partial charge >= 0.3 is 5.97 Å². The molecule has 36 heavy (non-hydrogen) atoms. The number of allylic oxidation sites excluding steroid dienone is 3. The highest BCUT2D eigenvalue weighted by atomic mass is 16.6. The Kier molecular flexibility index (Phi) is 6.40. The van der Waals surface area contributed by atoms with E-state index in [4.69, 9.17) is 9.47 Å². The van der Waals surface area contributed by atoms with E-state index in [1.54, 1.807) is 0 Å². The molecule has 5 heteroatoms. The molecular weight excluding hydrogens is 450 g/mol. The summed E-state index contributed by atoms with van der Waals surface area (Å²) in [4.78, 5) is 27.1. The second-order valence-corrected chi connectivity index (χ2v) is 10.3. The van der Waals surface area contributed by atoms with Crippen LogP contribution in [0.3, 0.4) is 0 Å². The quantitative estimate of drug-likeness (QED) is 0.342. The topological polar surface area (TPSA) is 64.6 Å². The minimum atomic E-state index is -0.488. The maximum atomic E-state index is 13.6. The number of esters is 1. The second-order valence-electron chi connectivity index (χ2n) is 10.3. The third-order valence-electron chi connectivity index (χ3n) is 6.92. The Balaban J connectivity index is 1.50. The van der Waals surface area contributed by atoms with E-state index >= 15 is 0 Å². The molecule has 5 nitrogen and oxygen atoms in total. The molecule has 0 radical (unpaired) electrons. The summed E-state index contributed by atoms with van der Waals surface area (Å²) in [5.74, 6) is -0.115. The van der Waals surface area contributed by atoms with Gasteiger partial charge in [0, 0.05) is 29.3 Å². The van der Waals surface area contributed by atoms with Crippen LogP contribution in [0.1, 0.15) is 45.1 Å². The average molecular weight is 482 g/mol. The number of dihydropyridines is 1. The van der Waals surface area contributed by atoms with Crippen LogP contribution in [0.5, 0.6) is 5.75 Å². The van der Waals surface area contributed by atoms with E-state index in [1.165, 1.54) is 0 Å². The molecule has 1 aliphatic carbocycles. The Morgan fingerprint density at radius 2 is 1.67 bits per heavy atom. The van der Waals surface area contributed by atoms with Crippen LogP contribution in [-0.4, -0.2) is 25.0 Å². The lowest BCUT2D eigenvalue weighted by molar-refractivity contribution is -0.140. The molecule has 0 aromatic heterocycles. The molecule has 0 fully saturated rings. The molecule has 1 heterocycles. The van der Waals surface area contributed by atoms with E-state index in [2.05, 4.69) is 37.4 Å². The molecule has 1 atom stereocenters. The minimum Gasteiger partial charge on any atom is -0.490 e. The van der Waals surface area contributed by atoms with E-state index < -0.39 is 11.9 Å². The van der Waals surface area contributed by atoms with Crippen molar-refractivity contribution in [1.82, 2.24) is 5.32 Å². The van der Waals surface area contributed by atoms with Gasteiger partial charge in [-0.25, -0.2) is 4.79 Å². The first-order valence-electron chi connectivity index (χ1n) is 12.4. The number of hydrogen-bond acceptors (Lipinski definition) is 5. The van der Waals surface area contributed by atoms with E-state index in [0.717, 1.165) is 39.9 Å². The third kappa shape index (κ3) is 4.66. The van der Waals surface area contributed by atoms with Gasteiger partial charge < -0.3 is 14.8 Å². The standard InChI is InChI=1S/C31H31NO4/c1-20-27(30(34)36-17-16-35-22-12-5-4-6-13-22)28(24-15-9-11-21-10-7-8-14-23(21)24)29-25(32-20)18-31(2,3)19-26(29)33/h4-15,28,32H,16-19H2,1-3H3/t28-/m1/s1. The van der Waals surface area contributed by atoms with Gasteiger partial charge in [0.15, 0.2) is 5.78 Å². The Morgan fingerprint density at radius 1 is 0.944 bits per heavy atom. The Labute approximate surface area is 211 Å². The fraction of sp³-hybridized carbons (Fsp3) is 0.290. The molecule has 0 bridgehead atoms. The lowest BCUT2D eigenvalue weighted by Gasteiger charge is -2.39. The number of hydrogen-bond donors (Lipinski definition) is 1. The largest absolute Gasteiger partial charge is 0.490 e. The number of ether oxygens (including phenoxy) is 2. The number of benzene rings is 3. The molecule has 0 spiro atoms. The molecule has 5 rings (SSSR count). The number of carbonyl (C=O) groups is 2. The first kappa shape index (κ1) is 23.9. The van der Waals surface area contributed by atoms with Gasteiger partial charge in [-0.3, -0.25) is 4.79 Å². The molecular formula is C31H31NO4. The van der Waals surface area contributed by atoms with Crippen LogP contribution in [0.15, 0.2) is 95.3 Å². The highest BCUT2D eigenvalue weighted by Crippen LogP contribution is 2.48. The lowest BCUT2D eigenvalue weighted by atomic mass is 9.68. The second kappa shape index (κ2) is 9.65. The number of Topliss-reactive ketones (excluding diaryl/α,β-unsaturated/α-hetero) is 1. The maximum absolute atomic E-state index is 13.6. The molecule has 2 aliphatic rings. The van der Waals surface area contributed by atoms with Crippen LogP contribution < -0.4 is 10.1 Å². The smallest absolute Gasteiger partial charge is 0.336 e. The number of rotatable bonds is 6. The summed E-state index contributed by atoms with van der Waals surface area (Å²) in [5, 5.41) is 5.51. The predicted molar refractivity (Wildman–Crippen MR) is 140 cm³/mol. The first-order chi connectivity index (χ1) is 17.3. The van der Waals surface area contributed by atoms with Crippen LogP contribution in [-0.2, 0) is 14.3 Å². The van der Waals surface area contributed by atoms with Gasteiger partial charge in [-0.2, -0.15) is 0 Å². The first-order valence-corrected chi connectivity index (χ1v) is 12.4. The van der Waals surface area contributed by atoms with Gasteiger partial charge in [0.2, 0.25) is 0 Å². The van der Waals surface area contributed by atoms with Gasteiger partial charge in [0.05, 0.1) is 5.57 Å². The lowest BCUT2D eigenvalue weighted by Crippen LogP contribution is -2.38. The van der Waals surface area contributed by atoms with Gasteiger partial charge in [-0.05, 0) is 47.2 Å². The van der Waals surface area contributed by atoms with E-state index in [0.29, 0.717) is 17.6 Å². The summed E-state index contributed by atoms with van der Waals surface area (Å²) >= 11 is 0. The summed E-state index contributed by atoms with van der Waals surface area (Å²) < 4.78 is 11.4. The average Bonchev–Trinajstić information content (AvgIpc) is 2.85. The number of ketones is 1. The summed E-state index contributed by atoms with van der Waals surface area (Å²) in [6.45, 7) is 6.47. The van der Waals surface area contributed by atoms with Crippen LogP contribution in [0.2, 0.25) is 0 Å². The van der Waals surface area contributed by atoms with Crippen LogP contribution in [0, 0.1) is 5.41 Å². The van der Waals surface area contributed by atoms with E-state index in [-0.39, 0.29) is 24.4 Å². The van der Waals surface area contributed by atoms with Crippen molar-refractivity contribution >= 4 is 22.5 Å². The van der Waals surface area contributed by atoms with E-state index in [9.17, 15) is 9.59 Å². The summed E-state index contributed by atoms with van der Waals surface area (Å²) in [6.07, 6.45) is 1.20.